The molecule has 2 rings (SSSR count). The van der Waals surface area contributed by atoms with E-state index in [1.165, 1.54) is 0 Å². The molecule has 2 N–H and O–H groups in total. The molecule has 0 aromatic carbocycles. The van der Waals surface area contributed by atoms with Crippen molar-refractivity contribution in [2.24, 2.45) is 0 Å². The highest BCUT2D eigenvalue weighted by atomic mass is 15.5. The first-order chi connectivity index (χ1) is 5.36. The molecule has 0 aliphatic heterocycles. The van der Waals surface area contributed by atoms with E-state index < -0.39 is 0 Å². The first-order valence-corrected chi connectivity index (χ1v) is 3.11. The zero-order valence-corrected chi connectivity index (χ0v) is 5.70. The SMILES string of the molecule is [CH2]c1c[nH]c(-c2nnn[nH]2)c1. The molecule has 2 heterocycles. The van der Waals surface area contributed by atoms with E-state index in [0.717, 1.165) is 11.3 Å². The number of rotatable bonds is 1. The molecule has 55 valence electrons. The van der Waals surface area contributed by atoms with Crippen molar-refractivity contribution in [2.45, 2.75) is 0 Å². The first kappa shape index (κ1) is 6.09. The molecule has 2 aromatic heterocycles. The van der Waals surface area contributed by atoms with Crippen LogP contribution in [-0.4, -0.2) is 25.6 Å². The van der Waals surface area contributed by atoms with Gasteiger partial charge < -0.3 is 4.98 Å². The third kappa shape index (κ3) is 1.000. The predicted octanol–water partition coefficient (Wildman–Crippen LogP) is 0.377. The van der Waals surface area contributed by atoms with Crippen LogP contribution < -0.4 is 0 Å². The topological polar surface area (TPSA) is 70.2 Å². The van der Waals surface area contributed by atoms with Crippen LogP contribution in [0.5, 0.6) is 0 Å². The Bertz CT molecular complexity index is 333. The molecule has 0 spiro atoms. The molecular formula is C6H6N5. The number of aromatic nitrogens is 5. The highest BCUT2D eigenvalue weighted by Gasteiger charge is 2.01. The van der Waals surface area contributed by atoms with Crippen LogP contribution in [-0.2, 0) is 0 Å². The summed E-state index contributed by atoms with van der Waals surface area (Å²) in [5, 5.41) is 13.3. The second kappa shape index (κ2) is 2.19. The fourth-order valence-electron chi connectivity index (χ4n) is 0.849. The summed E-state index contributed by atoms with van der Waals surface area (Å²) in [6.45, 7) is 3.74. The number of nitrogens with one attached hydrogen (secondary N) is 2. The quantitative estimate of drug-likeness (QED) is 0.614. The van der Waals surface area contributed by atoms with Gasteiger partial charge in [0, 0.05) is 6.20 Å². The van der Waals surface area contributed by atoms with E-state index in [4.69, 9.17) is 0 Å². The molecule has 0 unspecified atom stereocenters. The maximum Gasteiger partial charge on any atom is 0.195 e. The van der Waals surface area contributed by atoms with Crippen molar-refractivity contribution in [1.82, 2.24) is 25.6 Å². The van der Waals surface area contributed by atoms with Gasteiger partial charge in [-0.15, -0.1) is 5.10 Å². The van der Waals surface area contributed by atoms with Gasteiger partial charge in [0.2, 0.25) is 0 Å². The molecular weight excluding hydrogens is 142 g/mol. The van der Waals surface area contributed by atoms with Crippen molar-refractivity contribution >= 4 is 0 Å². The van der Waals surface area contributed by atoms with E-state index in [1.54, 1.807) is 6.20 Å². The summed E-state index contributed by atoms with van der Waals surface area (Å²) in [5.41, 5.74) is 1.76. The maximum absolute atomic E-state index is 3.74. The predicted molar refractivity (Wildman–Crippen MR) is 38.4 cm³/mol. The second-order valence-electron chi connectivity index (χ2n) is 2.17. The van der Waals surface area contributed by atoms with E-state index >= 15 is 0 Å². The van der Waals surface area contributed by atoms with Crippen LogP contribution in [0.3, 0.4) is 0 Å². The largest absolute Gasteiger partial charge is 0.358 e. The minimum absolute atomic E-state index is 0.625. The fourth-order valence-corrected chi connectivity index (χ4v) is 0.849. The molecule has 0 aliphatic rings. The molecule has 0 fully saturated rings. The minimum Gasteiger partial charge on any atom is -0.358 e. The zero-order valence-electron chi connectivity index (χ0n) is 5.70. The Hall–Kier alpha value is -1.65. The van der Waals surface area contributed by atoms with E-state index in [-0.39, 0.29) is 0 Å². The molecule has 1 radical (unpaired) electrons. The summed E-state index contributed by atoms with van der Waals surface area (Å²) >= 11 is 0. The van der Waals surface area contributed by atoms with Crippen LogP contribution in [0.4, 0.5) is 0 Å². The number of tetrazole rings is 1. The molecule has 2 aromatic rings. The lowest BCUT2D eigenvalue weighted by Crippen LogP contribution is -1.78. The fraction of sp³-hybridized carbons (Fsp3) is 0. The highest BCUT2D eigenvalue weighted by Crippen LogP contribution is 2.11. The van der Waals surface area contributed by atoms with E-state index in [0.29, 0.717) is 5.82 Å². The van der Waals surface area contributed by atoms with Crippen molar-refractivity contribution in [3.05, 3.63) is 24.8 Å². The number of hydrogen-bond donors (Lipinski definition) is 2. The molecule has 0 saturated carbocycles. The summed E-state index contributed by atoms with van der Waals surface area (Å²) in [4.78, 5) is 2.97. The summed E-state index contributed by atoms with van der Waals surface area (Å²) in [6, 6.07) is 1.86. The Morgan fingerprint density at radius 3 is 2.91 bits per heavy atom. The van der Waals surface area contributed by atoms with E-state index in [1.807, 2.05) is 6.07 Å². The van der Waals surface area contributed by atoms with E-state index in [9.17, 15) is 0 Å². The molecule has 0 amide bonds. The van der Waals surface area contributed by atoms with Gasteiger partial charge >= 0.3 is 0 Å². The number of H-pyrrole nitrogens is 2. The molecule has 5 nitrogen and oxygen atoms in total. The average molecular weight is 148 g/mol. The van der Waals surface area contributed by atoms with Gasteiger partial charge in [-0.1, -0.05) is 0 Å². The van der Waals surface area contributed by atoms with Crippen molar-refractivity contribution in [3.63, 3.8) is 0 Å². The van der Waals surface area contributed by atoms with Gasteiger partial charge in [-0.3, -0.25) is 0 Å². The average Bonchev–Trinajstić information content (AvgIpc) is 2.55. The monoisotopic (exact) mass is 148 g/mol. The normalized spacial score (nSPS) is 10.3. The van der Waals surface area contributed by atoms with Gasteiger partial charge in [0.25, 0.3) is 0 Å². The summed E-state index contributed by atoms with van der Waals surface area (Å²) in [5.74, 6) is 0.625. The van der Waals surface area contributed by atoms with Crippen molar-refractivity contribution < 1.29 is 0 Å². The van der Waals surface area contributed by atoms with Crippen LogP contribution >= 0.6 is 0 Å². The van der Waals surface area contributed by atoms with Crippen LogP contribution in [0.2, 0.25) is 0 Å². The van der Waals surface area contributed by atoms with Crippen LogP contribution in [0.1, 0.15) is 5.56 Å². The number of hydrogen-bond acceptors (Lipinski definition) is 3. The third-order valence-electron chi connectivity index (χ3n) is 1.34. The number of aromatic amines is 2. The summed E-state index contributed by atoms with van der Waals surface area (Å²) < 4.78 is 0. The molecule has 0 saturated heterocycles. The number of nitrogens with zero attached hydrogens (tertiary/aromatic N) is 3. The standard InChI is InChI=1S/C6H6N5/c1-4-2-5(7-3-4)6-8-10-11-9-6/h2-3,7H,1H2,(H,8,9,10,11). The summed E-state index contributed by atoms with van der Waals surface area (Å²) in [7, 11) is 0. The lowest BCUT2D eigenvalue weighted by Gasteiger charge is -1.83. The van der Waals surface area contributed by atoms with Crippen molar-refractivity contribution in [3.8, 4) is 11.5 Å². The van der Waals surface area contributed by atoms with Gasteiger partial charge in [-0.25, -0.2) is 5.10 Å². The van der Waals surface area contributed by atoms with Crippen molar-refractivity contribution in [2.75, 3.05) is 0 Å². The van der Waals surface area contributed by atoms with Gasteiger partial charge in [0.1, 0.15) is 0 Å². The molecule has 0 bridgehead atoms. The Balaban J connectivity index is 2.45. The molecule has 11 heavy (non-hydrogen) atoms. The van der Waals surface area contributed by atoms with E-state index in [2.05, 4.69) is 32.5 Å². The third-order valence-corrected chi connectivity index (χ3v) is 1.34. The molecule has 5 heteroatoms. The van der Waals surface area contributed by atoms with Gasteiger partial charge in [-0.2, -0.15) is 0 Å². The van der Waals surface area contributed by atoms with Crippen LogP contribution in [0, 0.1) is 6.92 Å². The maximum atomic E-state index is 3.74. The Labute approximate surface area is 62.8 Å². The van der Waals surface area contributed by atoms with Crippen LogP contribution in [0.25, 0.3) is 11.5 Å². The van der Waals surface area contributed by atoms with Gasteiger partial charge in [0.05, 0.1) is 5.69 Å². The van der Waals surface area contributed by atoms with Gasteiger partial charge in [-0.05, 0) is 29.0 Å². The second-order valence-corrected chi connectivity index (χ2v) is 2.17. The molecule has 0 aliphatic carbocycles. The lowest BCUT2D eigenvalue weighted by atomic mass is 10.3. The highest BCUT2D eigenvalue weighted by molar-refractivity contribution is 5.49. The van der Waals surface area contributed by atoms with Crippen molar-refractivity contribution in [1.29, 1.82) is 0 Å². The lowest BCUT2D eigenvalue weighted by molar-refractivity contribution is 0.881. The van der Waals surface area contributed by atoms with Gasteiger partial charge in [0.15, 0.2) is 5.82 Å². The zero-order chi connectivity index (χ0) is 7.68. The van der Waals surface area contributed by atoms with Crippen LogP contribution in [0.15, 0.2) is 12.3 Å². The first-order valence-electron chi connectivity index (χ1n) is 3.11. The summed E-state index contributed by atoms with van der Waals surface area (Å²) in [6.07, 6.45) is 1.79. The molecule has 0 atom stereocenters. The Morgan fingerprint density at radius 2 is 2.36 bits per heavy atom. The Kier molecular flexibility index (Phi) is 1.21. The smallest absolute Gasteiger partial charge is 0.195 e. The minimum atomic E-state index is 0.625. The Morgan fingerprint density at radius 1 is 1.45 bits per heavy atom.